The molecule has 1 aromatic heterocycles. The third-order valence-corrected chi connectivity index (χ3v) is 3.41. The second-order valence-corrected chi connectivity index (χ2v) is 4.87. The molecule has 0 fully saturated rings. The Morgan fingerprint density at radius 1 is 1.05 bits per heavy atom. The largest absolute Gasteiger partial charge is 0.392 e. The Kier molecular flexibility index (Phi) is 3.71. The molecular formula is C17H16N2O2. The molecule has 0 aliphatic carbocycles. The first-order valence-electron chi connectivity index (χ1n) is 6.80. The number of anilines is 1. The van der Waals surface area contributed by atoms with Gasteiger partial charge in [-0.15, -0.1) is 0 Å². The minimum absolute atomic E-state index is 0.0339. The van der Waals surface area contributed by atoms with Crippen molar-refractivity contribution in [3.63, 3.8) is 0 Å². The van der Waals surface area contributed by atoms with Gasteiger partial charge in [0, 0.05) is 28.4 Å². The number of fused-ring (bicyclic) bond motifs is 1. The van der Waals surface area contributed by atoms with Crippen molar-refractivity contribution in [2.24, 2.45) is 0 Å². The number of aromatic nitrogens is 1. The van der Waals surface area contributed by atoms with E-state index >= 15 is 0 Å². The van der Waals surface area contributed by atoms with E-state index in [0.717, 1.165) is 22.2 Å². The predicted octanol–water partition coefficient (Wildman–Crippen LogP) is 2.77. The Balaban J connectivity index is 1.83. The van der Waals surface area contributed by atoms with Crippen LogP contribution in [-0.4, -0.2) is 15.6 Å². The van der Waals surface area contributed by atoms with Crippen molar-refractivity contribution < 1.29 is 9.90 Å². The lowest BCUT2D eigenvalue weighted by Gasteiger charge is -2.07. The molecule has 0 spiro atoms. The molecule has 0 unspecified atom stereocenters. The normalized spacial score (nSPS) is 10.7. The van der Waals surface area contributed by atoms with E-state index in [2.05, 4.69) is 5.32 Å². The summed E-state index contributed by atoms with van der Waals surface area (Å²) in [6.45, 7) is 0.184. The highest BCUT2D eigenvalue weighted by molar-refractivity contribution is 5.92. The van der Waals surface area contributed by atoms with Gasteiger partial charge in [0.25, 0.3) is 0 Å². The van der Waals surface area contributed by atoms with Crippen LogP contribution in [0.3, 0.4) is 0 Å². The Hall–Kier alpha value is -2.59. The topological polar surface area (TPSA) is 54.3 Å². The zero-order valence-corrected chi connectivity index (χ0v) is 11.5. The van der Waals surface area contributed by atoms with E-state index in [-0.39, 0.29) is 19.1 Å². The summed E-state index contributed by atoms with van der Waals surface area (Å²) in [6.07, 6.45) is 1.83. The summed E-state index contributed by atoms with van der Waals surface area (Å²) in [6, 6.07) is 17.1. The maximum Gasteiger partial charge on any atom is 0.244 e. The Labute approximate surface area is 122 Å². The highest BCUT2D eigenvalue weighted by Gasteiger charge is 2.10. The summed E-state index contributed by atoms with van der Waals surface area (Å²) in [7, 11) is 0. The molecule has 0 aliphatic rings. The number of nitrogens with one attached hydrogen (secondary N) is 1. The number of aliphatic hydroxyl groups excluding tert-OH is 1. The molecule has 0 saturated heterocycles. The summed E-state index contributed by atoms with van der Waals surface area (Å²) in [5.41, 5.74) is 2.56. The van der Waals surface area contributed by atoms with Crippen molar-refractivity contribution in [2.75, 3.05) is 5.32 Å². The molecule has 3 rings (SSSR count). The lowest BCUT2D eigenvalue weighted by atomic mass is 10.2. The molecule has 3 aromatic rings. The SMILES string of the molecule is O=C(Cn1cc(CO)c2ccccc21)Nc1ccccc1. The second-order valence-electron chi connectivity index (χ2n) is 4.87. The molecule has 4 nitrogen and oxygen atoms in total. The molecule has 1 heterocycles. The number of nitrogens with zero attached hydrogens (tertiary/aromatic N) is 1. The molecule has 0 atom stereocenters. The standard InChI is InChI=1S/C17H16N2O2/c20-12-13-10-19(16-9-5-4-8-15(13)16)11-17(21)18-14-6-2-1-3-7-14/h1-10,20H,11-12H2,(H,18,21). The summed E-state index contributed by atoms with van der Waals surface area (Å²) >= 11 is 0. The average Bonchev–Trinajstić information content (AvgIpc) is 2.86. The number of rotatable bonds is 4. The van der Waals surface area contributed by atoms with Gasteiger partial charge in [0.15, 0.2) is 0 Å². The Morgan fingerprint density at radius 2 is 1.76 bits per heavy atom. The lowest BCUT2D eigenvalue weighted by Crippen LogP contribution is -2.18. The number of amides is 1. The van der Waals surface area contributed by atoms with E-state index in [1.165, 1.54) is 0 Å². The molecule has 0 saturated carbocycles. The van der Waals surface area contributed by atoms with Gasteiger partial charge in [-0.05, 0) is 18.2 Å². The molecule has 0 aliphatic heterocycles. The average molecular weight is 280 g/mol. The van der Waals surface area contributed by atoms with E-state index < -0.39 is 0 Å². The summed E-state index contributed by atoms with van der Waals surface area (Å²) in [4.78, 5) is 12.1. The number of hydrogen-bond donors (Lipinski definition) is 2. The van der Waals surface area contributed by atoms with Gasteiger partial charge in [-0.25, -0.2) is 0 Å². The molecule has 4 heteroatoms. The minimum Gasteiger partial charge on any atom is -0.392 e. The van der Waals surface area contributed by atoms with Gasteiger partial charge >= 0.3 is 0 Å². The molecule has 21 heavy (non-hydrogen) atoms. The van der Waals surface area contributed by atoms with Crippen LogP contribution in [0.5, 0.6) is 0 Å². The van der Waals surface area contributed by atoms with Crippen LogP contribution >= 0.6 is 0 Å². The van der Waals surface area contributed by atoms with Gasteiger partial charge in [0.05, 0.1) is 6.61 Å². The van der Waals surface area contributed by atoms with Gasteiger partial charge in [0.1, 0.15) is 6.54 Å². The summed E-state index contributed by atoms with van der Waals surface area (Å²) < 4.78 is 1.86. The van der Waals surface area contributed by atoms with Gasteiger partial charge in [-0.1, -0.05) is 36.4 Å². The Bertz CT molecular complexity index is 763. The number of carbonyl (C=O) groups is 1. The number of para-hydroxylation sites is 2. The zero-order valence-electron chi connectivity index (χ0n) is 11.5. The van der Waals surface area contributed by atoms with E-state index in [9.17, 15) is 9.90 Å². The van der Waals surface area contributed by atoms with Crippen LogP contribution in [0.25, 0.3) is 10.9 Å². The van der Waals surface area contributed by atoms with Crippen LogP contribution in [0, 0.1) is 0 Å². The summed E-state index contributed by atoms with van der Waals surface area (Å²) in [5, 5.41) is 13.2. The van der Waals surface area contributed by atoms with Crippen molar-refractivity contribution in [1.29, 1.82) is 0 Å². The fourth-order valence-electron chi connectivity index (χ4n) is 2.46. The van der Waals surface area contributed by atoms with Crippen LogP contribution < -0.4 is 5.32 Å². The Morgan fingerprint density at radius 3 is 2.52 bits per heavy atom. The molecule has 1 amide bonds. The summed E-state index contributed by atoms with van der Waals surface area (Å²) in [5.74, 6) is -0.0913. The molecule has 0 bridgehead atoms. The fourth-order valence-corrected chi connectivity index (χ4v) is 2.46. The number of aliphatic hydroxyl groups is 1. The van der Waals surface area contributed by atoms with E-state index in [1.54, 1.807) is 0 Å². The maximum atomic E-state index is 12.1. The van der Waals surface area contributed by atoms with Crippen LogP contribution in [0.2, 0.25) is 0 Å². The molecule has 106 valence electrons. The van der Waals surface area contributed by atoms with Crippen LogP contribution in [0.15, 0.2) is 60.8 Å². The quantitative estimate of drug-likeness (QED) is 0.772. The van der Waals surface area contributed by atoms with Crippen molar-refractivity contribution in [3.8, 4) is 0 Å². The van der Waals surface area contributed by atoms with Gasteiger partial charge < -0.3 is 15.0 Å². The highest BCUT2D eigenvalue weighted by Crippen LogP contribution is 2.21. The van der Waals surface area contributed by atoms with Gasteiger partial charge in [-0.2, -0.15) is 0 Å². The third kappa shape index (κ3) is 2.80. The molecule has 0 radical (unpaired) electrons. The van der Waals surface area contributed by atoms with Crippen LogP contribution in [-0.2, 0) is 17.9 Å². The predicted molar refractivity (Wildman–Crippen MR) is 82.9 cm³/mol. The van der Waals surface area contributed by atoms with Crippen molar-refractivity contribution in [2.45, 2.75) is 13.2 Å². The first-order chi connectivity index (χ1) is 10.3. The highest BCUT2D eigenvalue weighted by atomic mass is 16.3. The molecule has 2 aromatic carbocycles. The monoisotopic (exact) mass is 280 g/mol. The van der Waals surface area contributed by atoms with Gasteiger partial charge in [-0.3, -0.25) is 4.79 Å². The van der Waals surface area contributed by atoms with E-state index in [4.69, 9.17) is 0 Å². The van der Waals surface area contributed by atoms with Crippen LogP contribution in [0.1, 0.15) is 5.56 Å². The van der Waals surface area contributed by atoms with Crippen molar-refractivity contribution >= 4 is 22.5 Å². The maximum absolute atomic E-state index is 12.1. The lowest BCUT2D eigenvalue weighted by molar-refractivity contribution is -0.116. The first kappa shape index (κ1) is 13.4. The first-order valence-corrected chi connectivity index (χ1v) is 6.80. The molecule has 2 N–H and O–H groups in total. The fraction of sp³-hybridized carbons (Fsp3) is 0.118. The zero-order chi connectivity index (χ0) is 14.7. The second kappa shape index (κ2) is 5.81. The van der Waals surface area contributed by atoms with Crippen molar-refractivity contribution in [1.82, 2.24) is 4.57 Å². The number of hydrogen-bond acceptors (Lipinski definition) is 2. The van der Waals surface area contributed by atoms with E-state index in [1.807, 2.05) is 65.4 Å². The van der Waals surface area contributed by atoms with Crippen LogP contribution in [0.4, 0.5) is 5.69 Å². The van der Waals surface area contributed by atoms with E-state index in [0.29, 0.717) is 0 Å². The third-order valence-electron chi connectivity index (χ3n) is 3.41. The minimum atomic E-state index is -0.0913. The number of benzene rings is 2. The van der Waals surface area contributed by atoms with Gasteiger partial charge in [0.2, 0.25) is 5.91 Å². The van der Waals surface area contributed by atoms with Crippen molar-refractivity contribution in [3.05, 3.63) is 66.4 Å². The number of carbonyl (C=O) groups excluding carboxylic acids is 1. The smallest absolute Gasteiger partial charge is 0.244 e. The molecular weight excluding hydrogens is 264 g/mol.